The quantitative estimate of drug-likeness (QED) is 0.865. The van der Waals surface area contributed by atoms with E-state index in [4.69, 9.17) is 0 Å². The molecule has 0 unspecified atom stereocenters. The van der Waals surface area contributed by atoms with Crippen molar-refractivity contribution in [2.45, 2.75) is 39.7 Å². The molecule has 0 radical (unpaired) electrons. The molecule has 104 valence electrons. The van der Waals surface area contributed by atoms with E-state index >= 15 is 0 Å². The average molecular weight is 276 g/mol. The predicted octanol–water partition coefficient (Wildman–Crippen LogP) is 2.12. The number of aromatic nitrogens is 1. The Bertz CT molecular complexity index is 429. The van der Waals surface area contributed by atoms with Gasteiger partial charge in [0.25, 0.3) is 0 Å². The highest BCUT2D eigenvalue weighted by Gasteiger charge is 2.16. The second kappa shape index (κ2) is 7.44. The molecule has 0 amide bonds. The minimum absolute atomic E-state index is 0. The minimum Gasteiger partial charge on any atom is -0.503 e. The van der Waals surface area contributed by atoms with Crippen molar-refractivity contribution in [3.05, 3.63) is 28.2 Å². The Morgan fingerprint density at radius 2 is 2.00 bits per heavy atom. The van der Waals surface area contributed by atoms with Crippen LogP contribution in [0.2, 0.25) is 0 Å². The highest BCUT2D eigenvalue weighted by atomic mass is 35.5. The molecule has 2 N–H and O–H groups in total. The summed E-state index contributed by atoms with van der Waals surface area (Å²) in [6, 6.07) is 1.26. The molecule has 0 bridgehead atoms. The number of hydrogen-bond acceptors (Lipinski definition) is 3. The van der Waals surface area contributed by atoms with Gasteiger partial charge in [0, 0.05) is 12.3 Å². The lowest BCUT2D eigenvalue weighted by Crippen LogP contribution is -2.21. The Balaban J connectivity index is 0.00000289. The number of aliphatic hydroxyl groups excluding tert-OH is 1. The van der Waals surface area contributed by atoms with E-state index in [-0.39, 0.29) is 36.2 Å². The van der Waals surface area contributed by atoms with Crippen molar-refractivity contribution in [3.8, 4) is 5.75 Å². The normalized spacial score (nSPS) is 12.3. The molecule has 5 heteroatoms. The Hall–Kier alpha value is -1.00. The number of nitrogens with zero attached hydrogens (tertiary/aromatic N) is 1. The van der Waals surface area contributed by atoms with Crippen LogP contribution in [-0.4, -0.2) is 21.4 Å². The molecule has 0 aromatic carbocycles. The van der Waals surface area contributed by atoms with Crippen LogP contribution in [0.5, 0.6) is 5.75 Å². The zero-order valence-corrected chi connectivity index (χ0v) is 11.9. The average Bonchev–Trinajstić information content (AvgIpc) is 2.29. The highest BCUT2D eigenvalue weighted by molar-refractivity contribution is 5.85. The van der Waals surface area contributed by atoms with E-state index in [1.54, 1.807) is 6.20 Å². The van der Waals surface area contributed by atoms with Crippen molar-refractivity contribution in [2.24, 2.45) is 5.92 Å². The second-order valence-electron chi connectivity index (χ2n) is 4.70. The van der Waals surface area contributed by atoms with Crippen LogP contribution in [0, 0.1) is 5.92 Å². The number of aromatic hydroxyl groups is 1. The number of hydrogen-bond donors (Lipinski definition) is 2. The van der Waals surface area contributed by atoms with Crippen LogP contribution in [-0.2, 0) is 6.42 Å². The molecule has 4 nitrogen and oxygen atoms in total. The second-order valence-corrected chi connectivity index (χ2v) is 4.70. The molecule has 1 rings (SSSR count). The molecule has 0 aliphatic heterocycles. The smallest absolute Gasteiger partial charge is 0.223 e. The number of aliphatic hydroxyl groups is 1. The van der Waals surface area contributed by atoms with E-state index in [1.165, 1.54) is 6.07 Å². The van der Waals surface area contributed by atoms with Gasteiger partial charge in [-0.25, -0.2) is 0 Å². The summed E-state index contributed by atoms with van der Waals surface area (Å²) < 4.78 is 1.82. The minimum atomic E-state index is -0.362. The molecule has 0 fully saturated rings. The Morgan fingerprint density at radius 1 is 1.39 bits per heavy atom. The van der Waals surface area contributed by atoms with E-state index in [1.807, 2.05) is 11.5 Å². The van der Waals surface area contributed by atoms with E-state index < -0.39 is 0 Å². The monoisotopic (exact) mass is 275 g/mol. The van der Waals surface area contributed by atoms with Crippen LogP contribution < -0.4 is 5.43 Å². The van der Waals surface area contributed by atoms with Gasteiger partial charge < -0.3 is 14.8 Å². The van der Waals surface area contributed by atoms with Gasteiger partial charge in [-0.3, -0.25) is 4.79 Å². The van der Waals surface area contributed by atoms with Gasteiger partial charge >= 0.3 is 0 Å². The maximum atomic E-state index is 11.4. The standard InChI is InChI=1S/C13H21NO3.ClH/c1-4-11-13(17)12(16)5-6-14(11)10(8-15)7-9(2)3;/h5-6,9-10,15,17H,4,7-8H2,1-3H3;1H/t10-;/m0./s1. The lowest BCUT2D eigenvalue weighted by molar-refractivity contribution is 0.204. The fraction of sp³-hybridized carbons (Fsp3) is 0.615. The van der Waals surface area contributed by atoms with E-state index in [0.717, 1.165) is 6.42 Å². The van der Waals surface area contributed by atoms with Gasteiger partial charge in [-0.05, 0) is 18.8 Å². The van der Waals surface area contributed by atoms with Gasteiger partial charge in [0.2, 0.25) is 5.43 Å². The van der Waals surface area contributed by atoms with Crippen molar-refractivity contribution in [1.82, 2.24) is 4.57 Å². The fourth-order valence-electron chi connectivity index (χ4n) is 2.09. The number of pyridine rings is 1. The molecular weight excluding hydrogens is 254 g/mol. The maximum Gasteiger partial charge on any atom is 0.223 e. The largest absolute Gasteiger partial charge is 0.503 e. The third kappa shape index (κ3) is 3.75. The molecule has 0 aliphatic rings. The Morgan fingerprint density at radius 3 is 2.44 bits per heavy atom. The molecule has 1 aromatic heterocycles. The van der Waals surface area contributed by atoms with Crippen molar-refractivity contribution in [2.75, 3.05) is 6.61 Å². The summed E-state index contributed by atoms with van der Waals surface area (Å²) in [6.07, 6.45) is 3.03. The van der Waals surface area contributed by atoms with E-state index in [2.05, 4.69) is 13.8 Å². The summed E-state index contributed by atoms with van der Waals surface area (Å²) in [5.74, 6) is 0.246. The van der Waals surface area contributed by atoms with Crippen molar-refractivity contribution in [3.63, 3.8) is 0 Å². The lowest BCUT2D eigenvalue weighted by atomic mass is 10.0. The van der Waals surface area contributed by atoms with Gasteiger partial charge in [0.1, 0.15) is 0 Å². The van der Waals surface area contributed by atoms with Gasteiger partial charge in [0.05, 0.1) is 18.3 Å². The first kappa shape index (κ1) is 17.0. The van der Waals surface area contributed by atoms with E-state index in [9.17, 15) is 15.0 Å². The fourth-order valence-corrected chi connectivity index (χ4v) is 2.09. The SMILES string of the molecule is CCc1c(O)c(=O)ccn1[C@H](CO)CC(C)C.Cl. The van der Waals surface area contributed by atoms with Crippen LogP contribution >= 0.6 is 12.4 Å². The van der Waals surface area contributed by atoms with Gasteiger partial charge in [-0.1, -0.05) is 20.8 Å². The third-order valence-corrected chi connectivity index (χ3v) is 2.89. The van der Waals surface area contributed by atoms with Crippen molar-refractivity contribution < 1.29 is 10.2 Å². The zero-order chi connectivity index (χ0) is 13.0. The van der Waals surface area contributed by atoms with Crippen molar-refractivity contribution in [1.29, 1.82) is 0 Å². The summed E-state index contributed by atoms with van der Waals surface area (Å²) in [7, 11) is 0. The number of rotatable bonds is 5. The summed E-state index contributed by atoms with van der Waals surface area (Å²) in [4.78, 5) is 11.4. The van der Waals surface area contributed by atoms with Crippen LogP contribution in [0.25, 0.3) is 0 Å². The topological polar surface area (TPSA) is 62.5 Å². The molecule has 1 aromatic rings. The first-order valence-corrected chi connectivity index (χ1v) is 6.05. The van der Waals surface area contributed by atoms with Gasteiger partial charge in [0.15, 0.2) is 5.75 Å². The lowest BCUT2D eigenvalue weighted by Gasteiger charge is -2.23. The molecule has 1 heterocycles. The third-order valence-electron chi connectivity index (χ3n) is 2.89. The van der Waals surface area contributed by atoms with Gasteiger partial charge in [-0.2, -0.15) is 0 Å². The maximum absolute atomic E-state index is 11.4. The Kier molecular flexibility index (Phi) is 7.02. The first-order chi connectivity index (χ1) is 8.01. The van der Waals surface area contributed by atoms with E-state index in [0.29, 0.717) is 18.0 Å². The molecule has 0 saturated carbocycles. The first-order valence-electron chi connectivity index (χ1n) is 6.05. The number of halogens is 1. The van der Waals surface area contributed by atoms with Crippen LogP contribution in [0.1, 0.15) is 38.9 Å². The summed E-state index contributed by atoms with van der Waals surface area (Å²) in [5.41, 5.74) is 0.233. The van der Waals surface area contributed by atoms with Crippen LogP contribution in [0.4, 0.5) is 0 Å². The summed E-state index contributed by atoms with van der Waals surface area (Å²) in [6.45, 7) is 6.05. The Labute approximate surface area is 114 Å². The summed E-state index contributed by atoms with van der Waals surface area (Å²) >= 11 is 0. The molecule has 0 aliphatic carbocycles. The molecule has 0 saturated heterocycles. The molecule has 18 heavy (non-hydrogen) atoms. The molecular formula is C13H22ClNO3. The van der Waals surface area contributed by atoms with Crippen molar-refractivity contribution >= 4 is 12.4 Å². The predicted molar refractivity (Wildman–Crippen MR) is 74.6 cm³/mol. The highest BCUT2D eigenvalue weighted by Crippen LogP contribution is 2.22. The summed E-state index contributed by atoms with van der Waals surface area (Å²) in [5, 5.41) is 19.2. The van der Waals surface area contributed by atoms with Gasteiger partial charge in [-0.15, -0.1) is 12.4 Å². The molecule has 1 atom stereocenters. The molecule has 0 spiro atoms. The van der Waals surface area contributed by atoms with Crippen LogP contribution in [0.15, 0.2) is 17.1 Å². The zero-order valence-electron chi connectivity index (χ0n) is 11.1. The van der Waals surface area contributed by atoms with Crippen LogP contribution in [0.3, 0.4) is 0 Å².